The van der Waals surface area contributed by atoms with Gasteiger partial charge in [0.1, 0.15) is 35.6 Å². The first-order valence-electron chi connectivity index (χ1n) is 19.4. The fourth-order valence-corrected chi connectivity index (χ4v) is 8.36. The van der Waals surface area contributed by atoms with Crippen LogP contribution in [0, 0.1) is 25.2 Å². The molecule has 2 aliphatic heterocycles. The number of carbonyl (C=O) groups is 1. The summed E-state index contributed by atoms with van der Waals surface area (Å²) in [7, 11) is 0. The molecule has 2 fully saturated rings. The van der Waals surface area contributed by atoms with Crippen LogP contribution in [0.3, 0.4) is 0 Å². The smallest absolute Gasteiger partial charge is 0.387 e. The van der Waals surface area contributed by atoms with Gasteiger partial charge in [0, 0.05) is 48.9 Å². The van der Waals surface area contributed by atoms with Crippen molar-refractivity contribution in [1.82, 2.24) is 19.8 Å². The van der Waals surface area contributed by atoms with Gasteiger partial charge < -0.3 is 23.4 Å². The third-order valence-corrected chi connectivity index (χ3v) is 11.3. The summed E-state index contributed by atoms with van der Waals surface area (Å²) in [6.07, 6.45) is 2.89. The maximum absolute atomic E-state index is 13.5. The Morgan fingerprint density at radius 2 is 1.59 bits per heavy atom. The molecule has 0 saturated carbocycles. The number of carboxylic acids is 1. The van der Waals surface area contributed by atoms with Crippen LogP contribution in [-0.4, -0.2) is 82.5 Å². The van der Waals surface area contributed by atoms with Crippen LogP contribution in [-0.2, 0) is 22.6 Å². The molecule has 0 unspecified atom stereocenters. The lowest BCUT2D eigenvalue weighted by molar-refractivity contribution is -0.142. The third kappa shape index (κ3) is 7.90. The van der Waals surface area contributed by atoms with E-state index in [-0.39, 0.29) is 30.6 Å². The largest absolute Gasteiger partial charge is 0.480 e. The molecule has 0 bridgehead atoms. The van der Waals surface area contributed by atoms with Gasteiger partial charge in [-0.05, 0) is 104 Å². The SMILES string of the molecule is Cc1c(-c2nc3cc(CN4CCC[C@H]4C(=O)O)c(OC(F)F)cc3o2)cccc1-c1cccc(-c2nc3cc(CN4CCC(OCCF)CC4)cc(C#N)c3o2)c1C. The van der Waals surface area contributed by atoms with E-state index in [1.807, 2.05) is 62.4 Å². The Balaban J connectivity index is 1.08. The fourth-order valence-electron chi connectivity index (χ4n) is 8.36. The van der Waals surface area contributed by atoms with E-state index >= 15 is 0 Å². The number of ether oxygens (including phenoxy) is 2. The number of carboxylic acid groups (broad SMARTS) is 1. The molecule has 11 nitrogen and oxygen atoms in total. The van der Waals surface area contributed by atoms with Crippen molar-refractivity contribution in [3.8, 4) is 45.9 Å². The van der Waals surface area contributed by atoms with E-state index in [1.54, 1.807) is 11.0 Å². The van der Waals surface area contributed by atoms with Crippen molar-refractivity contribution < 1.29 is 41.4 Å². The quantitative estimate of drug-likeness (QED) is 0.120. The van der Waals surface area contributed by atoms with E-state index in [0.29, 0.717) is 71.0 Å². The Morgan fingerprint density at radius 1 is 0.914 bits per heavy atom. The Kier molecular flexibility index (Phi) is 11.2. The van der Waals surface area contributed by atoms with Crippen molar-refractivity contribution in [2.45, 2.75) is 71.4 Å². The molecule has 4 aromatic carbocycles. The lowest BCUT2D eigenvalue weighted by Gasteiger charge is -2.31. The first-order chi connectivity index (χ1) is 28.1. The van der Waals surface area contributed by atoms with Crippen molar-refractivity contribution in [3.05, 3.63) is 88.5 Å². The predicted octanol–water partition coefficient (Wildman–Crippen LogP) is 9.06. The van der Waals surface area contributed by atoms with Gasteiger partial charge in [-0.1, -0.05) is 24.3 Å². The number of aromatic nitrogens is 2. The Morgan fingerprint density at radius 3 is 2.24 bits per heavy atom. The van der Waals surface area contributed by atoms with Crippen LogP contribution in [0.2, 0.25) is 0 Å². The summed E-state index contributed by atoms with van der Waals surface area (Å²) in [5.41, 5.74) is 8.53. The number of likely N-dealkylation sites (tertiary alicyclic amines) is 2. The number of hydrogen-bond acceptors (Lipinski definition) is 10. The molecule has 1 atom stereocenters. The second kappa shape index (κ2) is 16.6. The lowest BCUT2D eigenvalue weighted by atomic mass is 9.91. The molecule has 2 saturated heterocycles. The molecule has 2 aromatic heterocycles. The number of aliphatic carboxylic acids is 1. The molecule has 2 aliphatic rings. The Hall–Kier alpha value is -5.75. The van der Waals surface area contributed by atoms with Crippen LogP contribution in [0.15, 0.2) is 69.5 Å². The van der Waals surface area contributed by atoms with Gasteiger partial charge in [0.15, 0.2) is 11.2 Å². The highest BCUT2D eigenvalue weighted by atomic mass is 19.3. The normalized spacial score (nSPS) is 16.8. The summed E-state index contributed by atoms with van der Waals surface area (Å²) in [5, 5.41) is 19.8. The average Bonchev–Trinajstić information content (AvgIpc) is 3.96. The Bertz CT molecular complexity index is 2520. The molecule has 58 heavy (non-hydrogen) atoms. The van der Waals surface area contributed by atoms with Crippen LogP contribution < -0.4 is 4.74 Å². The summed E-state index contributed by atoms with van der Waals surface area (Å²) >= 11 is 0. The fraction of sp³-hybridized carbons (Fsp3) is 0.364. The predicted molar refractivity (Wildman–Crippen MR) is 210 cm³/mol. The third-order valence-electron chi connectivity index (χ3n) is 11.3. The molecule has 0 amide bonds. The number of piperidine rings is 1. The molecule has 8 rings (SSSR count). The van der Waals surface area contributed by atoms with Crippen molar-refractivity contribution in [1.29, 1.82) is 5.26 Å². The summed E-state index contributed by atoms with van der Waals surface area (Å²) in [6, 6.07) is 20.1. The molecule has 1 N–H and O–H groups in total. The second-order valence-electron chi connectivity index (χ2n) is 14.9. The zero-order chi connectivity index (χ0) is 40.5. The van der Waals surface area contributed by atoms with Crippen LogP contribution in [0.25, 0.3) is 56.2 Å². The number of halogens is 3. The van der Waals surface area contributed by atoms with Gasteiger partial charge in [0.05, 0.1) is 18.3 Å². The number of benzene rings is 4. The number of hydrogen-bond donors (Lipinski definition) is 1. The van der Waals surface area contributed by atoms with Crippen molar-refractivity contribution in [3.63, 3.8) is 0 Å². The lowest BCUT2D eigenvalue weighted by Crippen LogP contribution is -2.36. The van der Waals surface area contributed by atoms with Gasteiger partial charge in [-0.15, -0.1) is 0 Å². The summed E-state index contributed by atoms with van der Waals surface area (Å²) in [6.45, 7) is 3.42. The molecule has 4 heterocycles. The van der Waals surface area contributed by atoms with Gasteiger partial charge in [-0.25, -0.2) is 14.4 Å². The minimum Gasteiger partial charge on any atom is -0.480 e. The molecular weight excluding hydrogens is 752 g/mol. The van der Waals surface area contributed by atoms with E-state index in [9.17, 15) is 28.3 Å². The number of alkyl halides is 3. The Labute approximate surface area is 332 Å². The second-order valence-corrected chi connectivity index (χ2v) is 14.9. The highest BCUT2D eigenvalue weighted by Gasteiger charge is 2.32. The highest BCUT2D eigenvalue weighted by molar-refractivity contribution is 5.86. The average molecular weight is 794 g/mol. The van der Waals surface area contributed by atoms with Gasteiger partial charge in [0.25, 0.3) is 0 Å². The standard InChI is InChI=1S/C44H42F3N5O6/c1-25-31(6-3-8-33(25)41-49-35-20-29(24-52-14-5-10-37(52)43(53)54)38(57-44(46)47)21-39(35)56-41)32-7-4-9-34(26(32)2)42-50-36-19-27(18-28(22-48)40(36)58-42)23-51-15-11-30(12-16-51)55-17-13-45/h3-4,6-9,18-21,30,37,44H,5,10-17,23-24H2,1-2H3,(H,53,54)/t37-/m0/s1. The van der Waals surface area contributed by atoms with Crippen LogP contribution in [0.5, 0.6) is 5.75 Å². The van der Waals surface area contributed by atoms with Gasteiger partial charge in [-0.2, -0.15) is 14.0 Å². The maximum Gasteiger partial charge on any atom is 0.387 e. The summed E-state index contributed by atoms with van der Waals surface area (Å²) in [4.78, 5) is 25.5. The number of nitriles is 1. The van der Waals surface area contributed by atoms with Crippen molar-refractivity contribution in [2.24, 2.45) is 0 Å². The van der Waals surface area contributed by atoms with E-state index in [0.717, 1.165) is 59.3 Å². The maximum atomic E-state index is 13.5. The topological polar surface area (TPSA) is 138 Å². The molecular formula is C44H42F3N5O6. The molecule has 0 spiro atoms. The molecule has 6 aromatic rings. The van der Waals surface area contributed by atoms with Crippen LogP contribution in [0.1, 0.15) is 53.5 Å². The van der Waals surface area contributed by atoms with Crippen molar-refractivity contribution >= 4 is 28.2 Å². The monoisotopic (exact) mass is 793 g/mol. The first-order valence-corrected chi connectivity index (χ1v) is 19.4. The van der Waals surface area contributed by atoms with Gasteiger partial charge >= 0.3 is 12.6 Å². The molecule has 14 heteroatoms. The van der Waals surface area contributed by atoms with E-state index in [1.165, 1.54) is 6.07 Å². The number of oxazole rings is 2. The van der Waals surface area contributed by atoms with Crippen LogP contribution in [0.4, 0.5) is 13.2 Å². The number of rotatable bonds is 13. The van der Waals surface area contributed by atoms with E-state index < -0.39 is 25.3 Å². The van der Waals surface area contributed by atoms with Gasteiger partial charge in [-0.3, -0.25) is 14.6 Å². The minimum absolute atomic E-state index is 0.0662. The van der Waals surface area contributed by atoms with E-state index in [2.05, 4.69) is 11.0 Å². The van der Waals surface area contributed by atoms with Crippen molar-refractivity contribution in [2.75, 3.05) is 32.9 Å². The number of nitrogens with zero attached hydrogens (tertiary/aromatic N) is 5. The number of fused-ring (bicyclic) bond motifs is 2. The minimum atomic E-state index is -3.08. The van der Waals surface area contributed by atoms with E-state index in [4.69, 9.17) is 28.3 Å². The summed E-state index contributed by atoms with van der Waals surface area (Å²) < 4.78 is 62.5. The zero-order valence-electron chi connectivity index (χ0n) is 32.1. The zero-order valence-corrected chi connectivity index (χ0v) is 32.1. The highest BCUT2D eigenvalue weighted by Crippen LogP contribution is 2.39. The van der Waals surface area contributed by atoms with Gasteiger partial charge in [0.2, 0.25) is 11.8 Å². The van der Waals surface area contributed by atoms with Crippen LogP contribution >= 0.6 is 0 Å². The first kappa shape index (κ1) is 39.1. The molecule has 0 aliphatic carbocycles. The molecule has 300 valence electrons. The summed E-state index contributed by atoms with van der Waals surface area (Å²) in [5.74, 6) is -0.355. The molecule has 0 radical (unpaired) electrons.